The van der Waals surface area contributed by atoms with Gasteiger partial charge in [-0.05, 0) is 37.3 Å². The number of fused-ring (bicyclic) bond motifs is 1. The summed E-state index contributed by atoms with van der Waals surface area (Å²) in [4.78, 5) is 15.6. The molecular formula is C20H15Cl2N5O. The summed E-state index contributed by atoms with van der Waals surface area (Å²) in [6.07, 6.45) is 1.63. The summed E-state index contributed by atoms with van der Waals surface area (Å²) in [5.74, 6) is -0.402. The number of halogens is 2. The van der Waals surface area contributed by atoms with Gasteiger partial charge >= 0.3 is 0 Å². The first-order chi connectivity index (χ1) is 13.5. The maximum atomic E-state index is 12.3. The summed E-state index contributed by atoms with van der Waals surface area (Å²) in [6, 6.07) is 14.6. The van der Waals surface area contributed by atoms with E-state index in [1.165, 1.54) is 0 Å². The highest BCUT2D eigenvalue weighted by Crippen LogP contribution is 2.26. The fraction of sp³-hybridized carbons (Fsp3) is 0.0500. The lowest BCUT2D eigenvalue weighted by Gasteiger charge is -1.98. The molecule has 0 aliphatic heterocycles. The van der Waals surface area contributed by atoms with Gasteiger partial charge in [-0.3, -0.25) is 9.89 Å². The number of carbonyl (C=O) groups is 1. The molecule has 4 aromatic rings. The number of benzene rings is 2. The molecule has 0 saturated carbocycles. The summed E-state index contributed by atoms with van der Waals surface area (Å²) in [5.41, 5.74) is 6.98. The van der Waals surface area contributed by atoms with Crippen LogP contribution in [0.3, 0.4) is 0 Å². The summed E-state index contributed by atoms with van der Waals surface area (Å²) in [6.45, 7) is 1.96. The van der Waals surface area contributed by atoms with Crippen LogP contribution in [0.25, 0.3) is 22.2 Å². The number of hydrogen-bond donors (Lipinski definition) is 3. The smallest absolute Gasteiger partial charge is 0.289 e. The molecule has 4 rings (SSSR count). The van der Waals surface area contributed by atoms with E-state index in [0.29, 0.717) is 21.3 Å². The third kappa shape index (κ3) is 3.65. The quantitative estimate of drug-likeness (QED) is 0.328. The van der Waals surface area contributed by atoms with E-state index < -0.39 is 5.91 Å². The number of aromatic amines is 2. The van der Waals surface area contributed by atoms with Crippen molar-refractivity contribution in [3.63, 3.8) is 0 Å². The number of nitrogens with zero attached hydrogens (tertiary/aromatic N) is 2. The number of nitrogens with one attached hydrogen (secondary N) is 3. The summed E-state index contributed by atoms with van der Waals surface area (Å²) in [7, 11) is 0. The predicted molar refractivity (Wildman–Crippen MR) is 112 cm³/mol. The van der Waals surface area contributed by atoms with Gasteiger partial charge in [-0.1, -0.05) is 41.4 Å². The van der Waals surface area contributed by atoms with Crippen LogP contribution in [-0.2, 0) is 0 Å². The largest absolute Gasteiger partial charge is 0.358 e. The van der Waals surface area contributed by atoms with Gasteiger partial charge in [-0.25, -0.2) is 5.43 Å². The van der Waals surface area contributed by atoms with Crippen LogP contribution in [0.5, 0.6) is 0 Å². The van der Waals surface area contributed by atoms with Gasteiger partial charge in [0.25, 0.3) is 5.91 Å². The zero-order chi connectivity index (χ0) is 19.7. The van der Waals surface area contributed by atoms with Crippen molar-refractivity contribution in [1.29, 1.82) is 0 Å². The molecule has 3 N–H and O–H groups in total. The molecule has 8 heteroatoms. The summed E-state index contributed by atoms with van der Waals surface area (Å²) < 4.78 is 0. The average Bonchev–Trinajstić information content (AvgIpc) is 3.26. The Morgan fingerprint density at radius 1 is 1.14 bits per heavy atom. The van der Waals surface area contributed by atoms with E-state index in [2.05, 4.69) is 25.7 Å². The van der Waals surface area contributed by atoms with Crippen molar-refractivity contribution in [2.45, 2.75) is 6.92 Å². The van der Waals surface area contributed by atoms with Crippen LogP contribution in [0.1, 0.15) is 21.7 Å². The van der Waals surface area contributed by atoms with Crippen LogP contribution in [0.15, 0.2) is 53.6 Å². The molecule has 0 radical (unpaired) electrons. The Morgan fingerprint density at radius 3 is 2.68 bits per heavy atom. The number of H-pyrrole nitrogens is 2. The van der Waals surface area contributed by atoms with Crippen LogP contribution in [0, 0.1) is 6.92 Å². The number of aryl methyl sites for hydroxylation is 1. The van der Waals surface area contributed by atoms with Gasteiger partial charge in [0.2, 0.25) is 0 Å². The van der Waals surface area contributed by atoms with Crippen LogP contribution < -0.4 is 5.43 Å². The molecule has 2 aromatic heterocycles. The van der Waals surface area contributed by atoms with E-state index in [9.17, 15) is 4.79 Å². The first-order valence-corrected chi connectivity index (χ1v) is 9.19. The second-order valence-corrected chi connectivity index (χ2v) is 7.11. The third-order valence-corrected chi connectivity index (χ3v) is 4.72. The van der Waals surface area contributed by atoms with Crippen molar-refractivity contribution in [3.05, 3.63) is 75.5 Å². The minimum absolute atomic E-state index is 0.277. The standard InChI is InChI=1S/C20H15Cl2N5O/c1-11-16(15-4-2-3-5-17(15)24-11)10-23-27-20(28)19-9-18(25-26-19)12-6-13(21)8-14(22)7-12/h2-10,24H,1H3,(H,25,26)(H,27,28)/b23-10+. The molecule has 0 aliphatic carbocycles. The number of hydrogen-bond acceptors (Lipinski definition) is 3. The Labute approximate surface area is 170 Å². The molecule has 0 atom stereocenters. The minimum atomic E-state index is -0.402. The molecule has 1 amide bonds. The van der Waals surface area contributed by atoms with Gasteiger partial charge in [-0.2, -0.15) is 10.2 Å². The van der Waals surface area contributed by atoms with Crippen molar-refractivity contribution in [3.8, 4) is 11.3 Å². The van der Waals surface area contributed by atoms with Gasteiger partial charge in [0.05, 0.1) is 11.9 Å². The molecule has 2 heterocycles. The van der Waals surface area contributed by atoms with Crippen molar-refractivity contribution in [2.24, 2.45) is 5.10 Å². The Kier molecular flexibility index (Phi) is 4.90. The Hall–Kier alpha value is -3.09. The Balaban J connectivity index is 1.51. The zero-order valence-corrected chi connectivity index (χ0v) is 16.3. The molecule has 2 aromatic carbocycles. The predicted octanol–water partition coefficient (Wildman–Crippen LogP) is 4.94. The lowest BCUT2D eigenvalue weighted by molar-refractivity contribution is 0.0950. The lowest BCUT2D eigenvalue weighted by atomic mass is 10.1. The first kappa shape index (κ1) is 18.3. The highest BCUT2D eigenvalue weighted by atomic mass is 35.5. The maximum absolute atomic E-state index is 12.3. The highest BCUT2D eigenvalue weighted by Gasteiger charge is 2.12. The van der Waals surface area contributed by atoms with E-state index in [1.54, 1.807) is 30.5 Å². The number of rotatable bonds is 4. The zero-order valence-electron chi connectivity index (χ0n) is 14.8. The van der Waals surface area contributed by atoms with Gasteiger partial charge in [0.15, 0.2) is 0 Å². The second kappa shape index (κ2) is 7.50. The maximum Gasteiger partial charge on any atom is 0.289 e. The average molecular weight is 412 g/mol. The monoisotopic (exact) mass is 411 g/mol. The molecule has 0 aliphatic rings. The second-order valence-electron chi connectivity index (χ2n) is 6.23. The van der Waals surface area contributed by atoms with E-state index in [0.717, 1.165) is 22.2 Å². The number of amides is 1. The van der Waals surface area contributed by atoms with Crippen molar-refractivity contribution in [2.75, 3.05) is 0 Å². The number of hydrazone groups is 1. The third-order valence-electron chi connectivity index (χ3n) is 4.28. The molecule has 28 heavy (non-hydrogen) atoms. The van der Waals surface area contributed by atoms with E-state index in [4.69, 9.17) is 23.2 Å². The van der Waals surface area contributed by atoms with E-state index >= 15 is 0 Å². The van der Waals surface area contributed by atoms with Crippen molar-refractivity contribution in [1.82, 2.24) is 20.6 Å². The lowest BCUT2D eigenvalue weighted by Crippen LogP contribution is -2.18. The Morgan fingerprint density at radius 2 is 1.89 bits per heavy atom. The molecule has 6 nitrogen and oxygen atoms in total. The fourth-order valence-corrected chi connectivity index (χ4v) is 3.49. The molecule has 0 unspecified atom stereocenters. The van der Waals surface area contributed by atoms with Gasteiger partial charge in [0, 0.05) is 37.8 Å². The minimum Gasteiger partial charge on any atom is -0.358 e. The number of para-hydroxylation sites is 1. The van der Waals surface area contributed by atoms with Crippen molar-refractivity contribution < 1.29 is 4.79 Å². The van der Waals surface area contributed by atoms with Crippen molar-refractivity contribution >= 4 is 46.2 Å². The molecule has 0 fully saturated rings. The summed E-state index contributed by atoms with van der Waals surface area (Å²) in [5, 5.41) is 13.0. The number of carbonyl (C=O) groups excluding carboxylic acids is 1. The number of aromatic nitrogens is 3. The van der Waals surface area contributed by atoms with E-state index in [-0.39, 0.29) is 5.69 Å². The molecule has 0 bridgehead atoms. The van der Waals surface area contributed by atoms with E-state index in [1.807, 2.05) is 31.2 Å². The highest BCUT2D eigenvalue weighted by molar-refractivity contribution is 6.35. The normalized spacial score (nSPS) is 11.4. The van der Waals surface area contributed by atoms with Crippen LogP contribution in [0.2, 0.25) is 10.0 Å². The van der Waals surface area contributed by atoms with Crippen LogP contribution in [-0.4, -0.2) is 27.3 Å². The fourth-order valence-electron chi connectivity index (χ4n) is 2.97. The molecular weight excluding hydrogens is 397 g/mol. The Bertz CT molecular complexity index is 1190. The van der Waals surface area contributed by atoms with Gasteiger partial charge in [0.1, 0.15) is 5.69 Å². The first-order valence-electron chi connectivity index (χ1n) is 8.44. The topological polar surface area (TPSA) is 85.9 Å². The van der Waals surface area contributed by atoms with Crippen LogP contribution in [0.4, 0.5) is 0 Å². The molecule has 0 spiro atoms. The SMILES string of the molecule is Cc1[nH]c2ccccc2c1/C=N/NC(=O)c1cc(-c2cc(Cl)cc(Cl)c2)n[nH]1. The van der Waals surface area contributed by atoms with Crippen LogP contribution >= 0.6 is 23.2 Å². The van der Waals surface area contributed by atoms with Gasteiger partial charge in [-0.15, -0.1) is 0 Å². The van der Waals surface area contributed by atoms with Gasteiger partial charge < -0.3 is 4.98 Å². The summed E-state index contributed by atoms with van der Waals surface area (Å²) >= 11 is 12.0. The molecule has 140 valence electrons. The molecule has 0 saturated heterocycles.